The van der Waals surface area contributed by atoms with Crippen LogP contribution in [-0.4, -0.2) is 19.2 Å². The van der Waals surface area contributed by atoms with Gasteiger partial charge < -0.3 is 10.1 Å². The van der Waals surface area contributed by atoms with Gasteiger partial charge >= 0.3 is 0 Å². The van der Waals surface area contributed by atoms with E-state index in [2.05, 4.69) is 29.4 Å². The zero-order valence-corrected chi connectivity index (χ0v) is 13.8. The molecule has 2 nitrogen and oxygen atoms in total. The minimum atomic E-state index is 0. The predicted molar refractivity (Wildman–Crippen MR) is 91.8 cm³/mol. The molecule has 3 heteroatoms. The van der Waals surface area contributed by atoms with E-state index in [1.807, 2.05) is 0 Å². The molecule has 2 aliphatic carbocycles. The Kier molecular flexibility index (Phi) is 4.39. The van der Waals surface area contributed by atoms with Gasteiger partial charge in [0.2, 0.25) is 0 Å². The highest BCUT2D eigenvalue weighted by Gasteiger charge is 2.51. The second-order valence-corrected chi connectivity index (χ2v) is 6.83. The molecule has 3 unspecified atom stereocenters. The van der Waals surface area contributed by atoms with Gasteiger partial charge in [-0.1, -0.05) is 24.8 Å². The number of ether oxygens (including phenoxy) is 1. The number of hydrogen-bond donors (Lipinski definition) is 1. The number of rotatable bonds is 2. The number of benzene rings is 1. The summed E-state index contributed by atoms with van der Waals surface area (Å²) in [5, 5.41) is 3.78. The summed E-state index contributed by atoms with van der Waals surface area (Å²) in [4.78, 5) is 0. The number of piperidine rings is 1. The molecule has 1 saturated heterocycles. The van der Waals surface area contributed by atoms with Crippen molar-refractivity contribution in [1.29, 1.82) is 0 Å². The first-order chi connectivity index (χ1) is 10.3. The summed E-state index contributed by atoms with van der Waals surface area (Å²) >= 11 is 0. The molecule has 0 spiro atoms. The van der Waals surface area contributed by atoms with Crippen LogP contribution in [0, 0.1) is 18.3 Å². The van der Waals surface area contributed by atoms with E-state index in [1.165, 1.54) is 44.1 Å². The Morgan fingerprint density at radius 3 is 3.09 bits per heavy atom. The zero-order chi connectivity index (χ0) is 14.3. The molecule has 2 bridgehead atoms. The van der Waals surface area contributed by atoms with Crippen LogP contribution in [0.5, 0.6) is 5.75 Å². The van der Waals surface area contributed by atoms with E-state index in [4.69, 9.17) is 11.2 Å². The lowest BCUT2D eigenvalue weighted by molar-refractivity contribution is 0.0795. The first kappa shape index (κ1) is 15.7. The molecule has 1 heterocycles. The lowest BCUT2D eigenvalue weighted by Crippen LogP contribution is -2.59. The molecule has 0 radical (unpaired) electrons. The van der Waals surface area contributed by atoms with Gasteiger partial charge in [-0.25, -0.2) is 0 Å². The lowest BCUT2D eigenvalue weighted by Gasteiger charge is -2.56. The third-order valence-corrected chi connectivity index (χ3v) is 5.94. The maximum Gasteiger partial charge on any atom is 0.148 e. The fraction of sp³-hybridized carbons (Fsp3) is 0.579. The zero-order valence-electron chi connectivity index (χ0n) is 12.9. The first-order valence-corrected chi connectivity index (χ1v) is 8.26. The van der Waals surface area contributed by atoms with Gasteiger partial charge in [0.05, 0.1) is 0 Å². The largest absolute Gasteiger partial charge is 0.481 e. The first-order valence-electron chi connectivity index (χ1n) is 8.26. The summed E-state index contributed by atoms with van der Waals surface area (Å²) in [5.41, 5.74) is 3.50. The standard InChI is InChI=1S/C19H23NO.ClH/c1-2-11-21-15-7-6-14-12-18-16-5-3-4-8-19(16,9-10-20-18)17(14)13-15;/h1,6-7,13,16,18,20H,3-5,8-12H2;1H. The molecule has 1 aromatic rings. The normalized spacial score (nSPS) is 32.0. The van der Waals surface area contributed by atoms with Crippen LogP contribution in [0.15, 0.2) is 18.2 Å². The second kappa shape index (κ2) is 6.14. The van der Waals surface area contributed by atoms with Gasteiger partial charge in [-0.05, 0) is 61.4 Å². The van der Waals surface area contributed by atoms with Crippen molar-refractivity contribution < 1.29 is 4.74 Å². The molecule has 1 saturated carbocycles. The summed E-state index contributed by atoms with van der Waals surface area (Å²) in [7, 11) is 0. The molecule has 118 valence electrons. The van der Waals surface area contributed by atoms with Crippen LogP contribution in [0.3, 0.4) is 0 Å². The monoisotopic (exact) mass is 317 g/mol. The van der Waals surface area contributed by atoms with Crippen molar-refractivity contribution in [3.05, 3.63) is 29.3 Å². The van der Waals surface area contributed by atoms with Crippen LogP contribution < -0.4 is 10.1 Å². The van der Waals surface area contributed by atoms with Gasteiger partial charge in [0.1, 0.15) is 12.4 Å². The van der Waals surface area contributed by atoms with Gasteiger partial charge in [0, 0.05) is 11.5 Å². The molecule has 22 heavy (non-hydrogen) atoms. The molecular formula is C19H24ClNO. The van der Waals surface area contributed by atoms with E-state index in [0.29, 0.717) is 18.1 Å². The summed E-state index contributed by atoms with van der Waals surface area (Å²) < 4.78 is 5.68. The number of hydrogen-bond acceptors (Lipinski definition) is 2. The summed E-state index contributed by atoms with van der Waals surface area (Å²) in [6.45, 7) is 1.52. The van der Waals surface area contributed by atoms with Gasteiger partial charge in [0.15, 0.2) is 0 Å². The number of terminal acetylenes is 1. The van der Waals surface area contributed by atoms with E-state index in [-0.39, 0.29) is 12.4 Å². The van der Waals surface area contributed by atoms with Crippen LogP contribution >= 0.6 is 12.4 Å². The van der Waals surface area contributed by atoms with E-state index in [0.717, 1.165) is 18.2 Å². The molecule has 3 aliphatic rings. The van der Waals surface area contributed by atoms with Gasteiger partial charge in [-0.3, -0.25) is 0 Å². The van der Waals surface area contributed by atoms with Crippen LogP contribution in [0.4, 0.5) is 0 Å². The molecule has 0 aromatic heterocycles. The highest BCUT2D eigenvalue weighted by Crippen LogP contribution is 2.54. The minimum absolute atomic E-state index is 0. The Bertz CT molecular complexity index is 590. The van der Waals surface area contributed by atoms with Gasteiger partial charge in [0.25, 0.3) is 0 Å². The van der Waals surface area contributed by atoms with Crippen LogP contribution in [-0.2, 0) is 11.8 Å². The summed E-state index contributed by atoms with van der Waals surface area (Å²) in [6, 6.07) is 7.34. The Labute approximate surface area is 139 Å². The molecule has 1 N–H and O–H groups in total. The van der Waals surface area contributed by atoms with Crippen molar-refractivity contribution in [3.63, 3.8) is 0 Å². The summed E-state index contributed by atoms with van der Waals surface area (Å²) in [5.74, 6) is 4.32. The van der Waals surface area contributed by atoms with Crippen molar-refractivity contribution in [1.82, 2.24) is 5.32 Å². The highest BCUT2D eigenvalue weighted by atomic mass is 35.5. The third-order valence-electron chi connectivity index (χ3n) is 5.94. The van der Waals surface area contributed by atoms with Crippen molar-refractivity contribution in [2.75, 3.05) is 13.2 Å². The molecule has 1 aliphatic heterocycles. The smallest absolute Gasteiger partial charge is 0.148 e. The van der Waals surface area contributed by atoms with Crippen molar-refractivity contribution in [2.45, 2.75) is 50.0 Å². The second-order valence-electron chi connectivity index (χ2n) is 6.83. The Balaban J connectivity index is 0.00000144. The fourth-order valence-corrected chi connectivity index (χ4v) is 5.12. The summed E-state index contributed by atoms with van der Waals surface area (Å²) in [6.07, 6.45) is 13.3. The topological polar surface area (TPSA) is 21.3 Å². The molecule has 3 atom stereocenters. The lowest BCUT2D eigenvalue weighted by atomic mass is 9.53. The van der Waals surface area contributed by atoms with Crippen molar-refractivity contribution in [3.8, 4) is 18.1 Å². The van der Waals surface area contributed by atoms with Crippen molar-refractivity contribution in [2.24, 2.45) is 5.92 Å². The average Bonchev–Trinajstić information content (AvgIpc) is 2.53. The van der Waals surface area contributed by atoms with Crippen LogP contribution in [0.25, 0.3) is 0 Å². The Morgan fingerprint density at radius 2 is 2.23 bits per heavy atom. The molecule has 4 rings (SSSR count). The molecule has 2 fully saturated rings. The minimum Gasteiger partial charge on any atom is -0.481 e. The SMILES string of the molecule is C#CCOc1ccc2c(c1)C13CCCCC1C(C2)NCC3.Cl. The number of fused-ring (bicyclic) bond motifs is 1. The maximum absolute atomic E-state index is 5.68. The number of nitrogens with one attached hydrogen (secondary N) is 1. The predicted octanol–water partition coefficient (Wildman–Crippen LogP) is 3.47. The molecular weight excluding hydrogens is 294 g/mol. The Morgan fingerprint density at radius 1 is 1.32 bits per heavy atom. The molecule has 1 aromatic carbocycles. The van der Waals surface area contributed by atoms with Crippen LogP contribution in [0.1, 0.15) is 43.2 Å². The van der Waals surface area contributed by atoms with Gasteiger partial charge in [-0.15, -0.1) is 18.8 Å². The van der Waals surface area contributed by atoms with Gasteiger partial charge in [-0.2, -0.15) is 0 Å². The maximum atomic E-state index is 5.68. The van der Waals surface area contributed by atoms with E-state index < -0.39 is 0 Å². The third kappa shape index (κ3) is 2.32. The quantitative estimate of drug-likeness (QED) is 0.843. The Hall–Kier alpha value is -1.17. The van der Waals surface area contributed by atoms with Crippen molar-refractivity contribution >= 4 is 12.4 Å². The number of halogens is 1. The van der Waals surface area contributed by atoms with E-state index in [9.17, 15) is 0 Å². The van der Waals surface area contributed by atoms with Crippen LogP contribution in [0.2, 0.25) is 0 Å². The average molecular weight is 318 g/mol. The molecule has 0 amide bonds. The fourth-order valence-electron chi connectivity index (χ4n) is 5.12. The van der Waals surface area contributed by atoms with E-state index in [1.54, 1.807) is 5.56 Å². The highest BCUT2D eigenvalue weighted by molar-refractivity contribution is 5.85. The van der Waals surface area contributed by atoms with E-state index >= 15 is 0 Å².